The van der Waals surface area contributed by atoms with Gasteiger partial charge in [-0.3, -0.25) is 0 Å². The smallest absolute Gasteiger partial charge is 0.243 e. The van der Waals surface area contributed by atoms with Crippen molar-refractivity contribution in [3.8, 4) is 0 Å². The molecule has 0 fully saturated rings. The van der Waals surface area contributed by atoms with Crippen molar-refractivity contribution in [2.45, 2.75) is 44.4 Å². The number of aryl methyl sites for hydroxylation is 1. The Bertz CT molecular complexity index is 1230. The normalized spacial score (nSPS) is 16.1. The number of hydrogen-bond donors (Lipinski definition) is 0. The van der Waals surface area contributed by atoms with Gasteiger partial charge in [0.15, 0.2) is 0 Å². The zero-order valence-electron chi connectivity index (χ0n) is 18.4. The summed E-state index contributed by atoms with van der Waals surface area (Å²) in [6.07, 6.45) is 2.80. The molecule has 0 saturated heterocycles. The minimum absolute atomic E-state index is 0.00136. The van der Waals surface area contributed by atoms with Gasteiger partial charge in [-0.2, -0.15) is 4.31 Å². The van der Waals surface area contributed by atoms with E-state index in [-0.39, 0.29) is 5.41 Å². The fourth-order valence-corrected chi connectivity index (χ4v) is 5.68. The van der Waals surface area contributed by atoms with Crippen LogP contribution in [0.25, 0.3) is 16.5 Å². The number of fused-ring (bicyclic) bond motifs is 1. The molecule has 0 spiro atoms. The second-order valence-electron chi connectivity index (χ2n) is 9.15. The van der Waals surface area contributed by atoms with E-state index >= 15 is 0 Å². The number of sulfonamides is 1. The van der Waals surface area contributed by atoms with Crippen LogP contribution in [0.1, 0.15) is 44.0 Å². The van der Waals surface area contributed by atoms with Crippen LogP contribution in [-0.2, 0) is 22.5 Å². The highest BCUT2D eigenvalue weighted by atomic mass is 32.2. The highest BCUT2D eigenvalue weighted by Crippen LogP contribution is 2.35. The van der Waals surface area contributed by atoms with Crippen LogP contribution in [0.15, 0.2) is 59.5 Å². The molecule has 1 aromatic heterocycles. The molecular weight excluding hydrogens is 392 g/mol. The third-order valence-corrected chi connectivity index (χ3v) is 8.13. The van der Waals surface area contributed by atoms with Gasteiger partial charge in [0, 0.05) is 42.3 Å². The van der Waals surface area contributed by atoms with Gasteiger partial charge >= 0.3 is 0 Å². The largest absolute Gasteiger partial charge is 0.347 e. The van der Waals surface area contributed by atoms with Crippen molar-refractivity contribution in [1.82, 2.24) is 8.87 Å². The molecule has 1 aliphatic rings. The van der Waals surface area contributed by atoms with Gasteiger partial charge in [0.2, 0.25) is 10.0 Å². The predicted molar refractivity (Wildman–Crippen MR) is 124 cm³/mol. The SMILES string of the molecule is Cc1c(C2=CCN(S(=O)(=O)c3ccc(C(C)(C)C)cc3)CC2)c2ccccc2n1C. The predicted octanol–water partition coefficient (Wildman–Crippen LogP) is 5.26. The molecule has 0 bridgehead atoms. The van der Waals surface area contributed by atoms with E-state index in [0.717, 1.165) is 5.56 Å². The topological polar surface area (TPSA) is 42.3 Å². The average molecular weight is 423 g/mol. The van der Waals surface area contributed by atoms with Gasteiger partial charge in [-0.25, -0.2) is 8.42 Å². The van der Waals surface area contributed by atoms with Gasteiger partial charge in [0.1, 0.15) is 0 Å². The molecule has 3 aromatic rings. The fraction of sp³-hybridized carbons (Fsp3) is 0.360. The summed E-state index contributed by atoms with van der Waals surface area (Å²) in [5.41, 5.74) is 6.05. The van der Waals surface area contributed by atoms with Crippen molar-refractivity contribution in [2.75, 3.05) is 13.1 Å². The molecule has 0 atom stereocenters. The molecule has 2 heterocycles. The Balaban J connectivity index is 1.62. The summed E-state index contributed by atoms with van der Waals surface area (Å²) in [7, 11) is -1.41. The quantitative estimate of drug-likeness (QED) is 0.578. The number of para-hydroxylation sites is 1. The summed E-state index contributed by atoms with van der Waals surface area (Å²) < 4.78 is 30.1. The summed E-state index contributed by atoms with van der Waals surface area (Å²) in [6, 6.07) is 15.7. The highest BCUT2D eigenvalue weighted by Gasteiger charge is 2.28. The monoisotopic (exact) mass is 422 g/mol. The fourth-order valence-electron chi connectivity index (χ4n) is 4.30. The zero-order valence-corrected chi connectivity index (χ0v) is 19.3. The van der Waals surface area contributed by atoms with Crippen LogP contribution < -0.4 is 0 Å². The van der Waals surface area contributed by atoms with Crippen LogP contribution in [0.2, 0.25) is 0 Å². The van der Waals surface area contributed by atoms with Crippen molar-refractivity contribution in [1.29, 1.82) is 0 Å². The summed E-state index contributed by atoms with van der Waals surface area (Å²) in [5.74, 6) is 0. The van der Waals surface area contributed by atoms with Gasteiger partial charge in [0.05, 0.1) is 4.90 Å². The summed E-state index contributed by atoms with van der Waals surface area (Å²) in [4.78, 5) is 0.369. The summed E-state index contributed by atoms with van der Waals surface area (Å²) in [5, 5.41) is 1.23. The molecule has 0 amide bonds. The van der Waals surface area contributed by atoms with Gasteiger partial charge in [0.25, 0.3) is 0 Å². The summed E-state index contributed by atoms with van der Waals surface area (Å²) >= 11 is 0. The van der Waals surface area contributed by atoms with Crippen LogP contribution in [-0.4, -0.2) is 30.4 Å². The minimum atomic E-state index is -3.49. The Morgan fingerprint density at radius 1 is 0.967 bits per heavy atom. The Kier molecular flexibility index (Phi) is 5.15. The highest BCUT2D eigenvalue weighted by molar-refractivity contribution is 7.89. The first-order valence-electron chi connectivity index (χ1n) is 10.4. The molecule has 4 rings (SSSR count). The van der Waals surface area contributed by atoms with Crippen LogP contribution in [0.5, 0.6) is 0 Å². The lowest BCUT2D eigenvalue weighted by Gasteiger charge is -2.26. The number of aromatic nitrogens is 1. The molecule has 2 aromatic carbocycles. The van der Waals surface area contributed by atoms with Crippen molar-refractivity contribution >= 4 is 26.5 Å². The van der Waals surface area contributed by atoms with E-state index in [4.69, 9.17) is 0 Å². The average Bonchev–Trinajstić information content (AvgIpc) is 2.98. The van der Waals surface area contributed by atoms with Crippen molar-refractivity contribution in [3.05, 3.63) is 71.4 Å². The van der Waals surface area contributed by atoms with Crippen molar-refractivity contribution in [2.24, 2.45) is 7.05 Å². The van der Waals surface area contributed by atoms with E-state index in [2.05, 4.69) is 69.7 Å². The van der Waals surface area contributed by atoms with E-state index in [1.54, 1.807) is 16.4 Å². The van der Waals surface area contributed by atoms with Gasteiger partial charge in [-0.1, -0.05) is 57.2 Å². The van der Waals surface area contributed by atoms with Gasteiger partial charge in [-0.15, -0.1) is 0 Å². The third-order valence-electron chi connectivity index (χ3n) is 6.25. The van der Waals surface area contributed by atoms with Crippen LogP contribution in [0.3, 0.4) is 0 Å². The van der Waals surface area contributed by atoms with E-state index in [9.17, 15) is 8.42 Å². The van der Waals surface area contributed by atoms with E-state index in [1.165, 1.54) is 27.7 Å². The lowest BCUT2D eigenvalue weighted by atomic mass is 9.87. The Hall–Kier alpha value is -2.37. The van der Waals surface area contributed by atoms with Crippen molar-refractivity contribution in [3.63, 3.8) is 0 Å². The number of nitrogens with zero attached hydrogens (tertiary/aromatic N) is 2. The minimum Gasteiger partial charge on any atom is -0.347 e. The number of hydrogen-bond acceptors (Lipinski definition) is 2. The number of rotatable bonds is 3. The maximum Gasteiger partial charge on any atom is 0.243 e. The van der Waals surface area contributed by atoms with Crippen molar-refractivity contribution < 1.29 is 8.42 Å². The molecule has 4 nitrogen and oxygen atoms in total. The maximum absolute atomic E-state index is 13.2. The first-order chi connectivity index (χ1) is 14.1. The molecule has 1 aliphatic heterocycles. The molecule has 0 aliphatic carbocycles. The third kappa shape index (κ3) is 3.50. The molecule has 0 radical (unpaired) electrons. The Morgan fingerprint density at radius 2 is 1.63 bits per heavy atom. The Morgan fingerprint density at radius 3 is 2.23 bits per heavy atom. The molecular formula is C25H30N2O2S. The maximum atomic E-state index is 13.2. The first kappa shape index (κ1) is 20.9. The van der Waals surface area contributed by atoms with Gasteiger partial charge in [-0.05, 0) is 48.1 Å². The van der Waals surface area contributed by atoms with E-state index < -0.39 is 10.0 Å². The molecule has 0 N–H and O–H groups in total. The molecule has 5 heteroatoms. The standard InChI is InChI=1S/C25H30N2O2S/c1-18-24(22-8-6-7-9-23(22)26(18)5)19-14-16-27(17-15-19)30(28,29)21-12-10-20(11-13-21)25(2,3)4/h6-14H,15-17H2,1-5H3. The zero-order chi connectivity index (χ0) is 21.7. The lowest BCUT2D eigenvalue weighted by Crippen LogP contribution is -2.34. The second kappa shape index (κ2) is 7.40. The van der Waals surface area contributed by atoms with Gasteiger partial charge < -0.3 is 4.57 Å². The second-order valence-corrected chi connectivity index (χ2v) is 11.1. The van der Waals surface area contributed by atoms with E-state index in [1.807, 2.05) is 12.1 Å². The molecule has 30 heavy (non-hydrogen) atoms. The van der Waals surface area contributed by atoms with Crippen LogP contribution in [0, 0.1) is 6.92 Å². The molecule has 0 saturated carbocycles. The number of benzene rings is 2. The van der Waals surface area contributed by atoms with Crippen LogP contribution in [0.4, 0.5) is 0 Å². The summed E-state index contributed by atoms with van der Waals surface area (Å²) in [6.45, 7) is 9.42. The lowest BCUT2D eigenvalue weighted by molar-refractivity contribution is 0.441. The molecule has 0 unspecified atom stereocenters. The van der Waals surface area contributed by atoms with Crippen LogP contribution >= 0.6 is 0 Å². The first-order valence-corrected chi connectivity index (χ1v) is 11.9. The Labute approximate surface area is 179 Å². The molecule has 158 valence electrons. The van der Waals surface area contributed by atoms with E-state index in [0.29, 0.717) is 24.4 Å².